The molecule has 0 unspecified atom stereocenters. The van der Waals surface area contributed by atoms with Crippen LogP contribution in [0.2, 0.25) is 0 Å². The number of anilines is 1. The molecule has 98 valence electrons. The number of likely N-dealkylation sites (N-methyl/N-ethyl adjacent to an activating group) is 1. The molecule has 5 heteroatoms. The fourth-order valence-electron chi connectivity index (χ4n) is 1.19. The van der Waals surface area contributed by atoms with Crippen LogP contribution in [0.3, 0.4) is 0 Å². The maximum absolute atomic E-state index is 11.5. The normalized spacial score (nSPS) is 9.94. The SMILES string of the molecule is Cc1ccc(NC(=O)COCC(=O)N(C)C)cc1. The molecule has 0 aliphatic carbocycles. The molecule has 0 radical (unpaired) electrons. The van der Waals surface area contributed by atoms with Gasteiger partial charge in [-0.25, -0.2) is 0 Å². The van der Waals surface area contributed by atoms with Crippen LogP contribution in [0.15, 0.2) is 24.3 Å². The maximum Gasteiger partial charge on any atom is 0.250 e. The average Bonchev–Trinajstić information content (AvgIpc) is 2.32. The van der Waals surface area contributed by atoms with Crippen molar-refractivity contribution in [2.45, 2.75) is 6.92 Å². The lowest BCUT2D eigenvalue weighted by Crippen LogP contribution is -2.28. The van der Waals surface area contributed by atoms with E-state index in [1.807, 2.05) is 31.2 Å². The molecule has 0 fully saturated rings. The van der Waals surface area contributed by atoms with Crippen LogP contribution in [0.25, 0.3) is 0 Å². The van der Waals surface area contributed by atoms with Gasteiger partial charge in [0.25, 0.3) is 0 Å². The number of nitrogens with one attached hydrogen (secondary N) is 1. The summed E-state index contributed by atoms with van der Waals surface area (Å²) in [6, 6.07) is 7.45. The van der Waals surface area contributed by atoms with Crippen LogP contribution in [0.5, 0.6) is 0 Å². The summed E-state index contributed by atoms with van der Waals surface area (Å²) in [5, 5.41) is 2.68. The topological polar surface area (TPSA) is 58.6 Å². The Balaban J connectivity index is 2.30. The van der Waals surface area contributed by atoms with E-state index in [0.29, 0.717) is 5.69 Å². The fraction of sp³-hybridized carbons (Fsp3) is 0.385. The zero-order chi connectivity index (χ0) is 13.5. The highest BCUT2D eigenvalue weighted by atomic mass is 16.5. The van der Waals surface area contributed by atoms with Crippen molar-refractivity contribution in [3.63, 3.8) is 0 Å². The third-order valence-electron chi connectivity index (χ3n) is 2.29. The van der Waals surface area contributed by atoms with Gasteiger partial charge in [0.2, 0.25) is 11.8 Å². The highest BCUT2D eigenvalue weighted by molar-refractivity contribution is 5.91. The van der Waals surface area contributed by atoms with Crippen LogP contribution in [-0.2, 0) is 14.3 Å². The number of ether oxygens (including phenoxy) is 1. The number of amides is 2. The molecule has 0 aromatic heterocycles. The first kappa shape index (κ1) is 14.2. The minimum atomic E-state index is -0.273. The minimum Gasteiger partial charge on any atom is -0.362 e. The van der Waals surface area contributed by atoms with Gasteiger partial charge in [0, 0.05) is 19.8 Å². The molecule has 0 saturated carbocycles. The molecule has 5 nitrogen and oxygen atoms in total. The van der Waals surface area contributed by atoms with E-state index in [1.165, 1.54) is 4.90 Å². The number of rotatable bonds is 5. The van der Waals surface area contributed by atoms with Crippen molar-refractivity contribution in [3.8, 4) is 0 Å². The van der Waals surface area contributed by atoms with Crippen molar-refractivity contribution in [2.75, 3.05) is 32.6 Å². The number of carbonyl (C=O) groups is 2. The van der Waals surface area contributed by atoms with Gasteiger partial charge in [-0.1, -0.05) is 17.7 Å². The van der Waals surface area contributed by atoms with Gasteiger partial charge in [-0.05, 0) is 19.1 Å². The van der Waals surface area contributed by atoms with Gasteiger partial charge >= 0.3 is 0 Å². The zero-order valence-electron chi connectivity index (χ0n) is 10.9. The molecule has 18 heavy (non-hydrogen) atoms. The second kappa shape index (κ2) is 6.76. The van der Waals surface area contributed by atoms with E-state index in [4.69, 9.17) is 4.74 Å². The van der Waals surface area contributed by atoms with Crippen LogP contribution in [0.1, 0.15) is 5.56 Å². The van der Waals surface area contributed by atoms with Gasteiger partial charge in [-0.2, -0.15) is 0 Å². The fourth-order valence-corrected chi connectivity index (χ4v) is 1.19. The van der Waals surface area contributed by atoms with Crippen molar-refractivity contribution in [1.82, 2.24) is 4.90 Å². The lowest BCUT2D eigenvalue weighted by molar-refractivity contribution is -0.135. The average molecular weight is 250 g/mol. The third kappa shape index (κ3) is 4.97. The summed E-state index contributed by atoms with van der Waals surface area (Å²) >= 11 is 0. The quantitative estimate of drug-likeness (QED) is 0.849. The Morgan fingerprint density at radius 3 is 2.33 bits per heavy atom. The molecular weight excluding hydrogens is 232 g/mol. The van der Waals surface area contributed by atoms with Crippen molar-refractivity contribution in [1.29, 1.82) is 0 Å². The molecule has 1 aromatic carbocycles. The van der Waals surface area contributed by atoms with Gasteiger partial charge in [-0.3, -0.25) is 9.59 Å². The number of aryl methyl sites for hydroxylation is 1. The van der Waals surface area contributed by atoms with Crippen molar-refractivity contribution >= 4 is 17.5 Å². The summed E-state index contributed by atoms with van der Waals surface area (Å²) in [6.07, 6.45) is 0. The summed E-state index contributed by atoms with van der Waals surface area (Å²) in [5.41, 5.74) is 1.84. The molecule has 0 heterocycles. The van der Waals surface area contributed by atoms with E-state index in [-0.39, 0.29) is 25.0 Å². The Morgan fingerprint density at radius 1 is 1.17 bits per heavy atom. The van der Waals surface area contributed by atoms with Gasteiger partial charge < -0.3 is 15.0 Å². The van der Waals surface area contributed by atoms with Crippen LogP contribution >= 0.6 is 0 Å². The first-order valence-corrected chi connectivity index (χ1v) is 5.63. The molecule has 0 bridgehead atoms. The number of hydrogen-bond acceptors (Lipinski definition) is 3. The van der Waals surface area contributed by atoms with Gasteiger partial charge in [-0.15, -0.1) is 0 Å². The largest absolute Gasteiger partial charge is 0.362 e. The first-order chi connectivity index (χ1) is 8.49. The Bertz CT molecular complexity index is 413. The van der Waals surface area contributed by atoms with E-state index >= 15 is 0 Å². The monoisotopic (exact) mass is 250 g/mol. The molecule has 1 aromatic rings. The van der Waals surface area contributed by atoms with Gasteiger partial charge in [0.05, 0.1) is 0 Å². The molecular formula is C13H18N2O3. The molecule has 0 aliphatic heterocycles. The molecule has 1 N–H and O–H groups in total. The Kier molecular flexibility index (Phi) is 5.32. The van der Waals surface area contributed by atoms with E-state index in [2.05, 4.69) is 5.32 Å². The Labute approximate surface area is 107 Å². The molecule has 2 amide bonds. The van der Waals surface area contributed by atoms with Crippen molar-refractivity contribution in [3.05, 3.63) is 29.8 Å². The van der Waals surface area contributed by atoms with Crippen molar-refractivity contribution in [2.24, 2.45) is 0 Å². The lowest BCUT2D eigenvalue weighted by atomic mass is 10.2. The second-order valence-electron chi connectivity index (χ2n) is 4.20. The highest BCUT2D eigenvalue weighted by Crippen LogP contribution is 2.08. The van der Waals surface area contributed by atoms with Crippen molar-refractivity contribution < 1.29 is 14.3 Å². The second-order valence-corrected chi connectivity index (χ2v) is 4.20. The lowest BCUT2D eigenvalue weighted by Gasteiger charge is -2.10. The van der Waals surface area contributed by atoms with Crippen LogP contribution in [-0.4, -0.2) is 44.0 Å². The zero-order valence-corrected chi connectivity index (χ0v) is 10.9. The summed E-state index contributed by atoms with van der Waals surface area (Å²) < 4.78 is 5.01. The molecule has 1 rings (SSSR count). The first-order valence-electron chi connectivity index (χ1n) is 5.63. The molecule has 0 spiro atoms. The van der Waals surface area contributed by atoms with Gasteiger partial charge in [0.15, 0.2) is 0 Å². The minimum absolute atomic E-state index is 0.0890. The van der Waals surface area contributed by atoms with Crippen LogP contribution in [0.4, 0.5) is 5.69 Å². The van der Waals surface area contributed by atoms with Crippen LogP contribution < -0.4 is 5.32 Å². The Hall–Kier alpha value is -1.88. The predicted octanol–water partition coefficient (Wildman–Crippen LogP) is 1.04. The molecule has 0 atom stereocenters. The molecule has 0 saturated heterocycles. The number of hydrogen-bond donors (Lipinski definition) is 1. The van der Waals surface area contributed by atoms with E-state index in [0.717, 1.165) is 5.56 Å². The summed E-state index contributed by atoms with van der Waals surface area (Å²) in [5.74, 6) is -0.441. The summed E-state index contributed by atoms with van der Waals surface area (Å²) in [6.45, 7) is 1.75. The summed E-state index contributed by atoms with van der Waals surface area (Å²) in [7, 11) is 3.27. The Morgan fingerprint density at radius 2 is 1.78 bits per heavy atom. The number of benzene rings is 1. The van der Waals surface area contributed by atoms with E-state index in [1.54, 1.807) is 14.1 Å². The number of carbonyl (C=O) groups excluding carboxylic acids is 2. The molecule has 0 aliphatic rings. The highest BCUT2D eigenvalue weighted by Gasteiger charge is 2.06. The van der Waals surface area contributed by atoms with E-state index in [9.17, 15) is 9.59 Å². The van der Waals surface area contributed by atoms with Gasteiger partial charge in [0.1, 0.15) is 13.2 Å². The van der Waals surface area contributed by atoms with Crippen LogP contribution in [0, 0.1) is 6.92 Å². The third-order valence-corrected chi connectivity index (χ3v) is 2.29. The predicted molar refractivity (Wildman–Crippen MR) is 69.3 cm³/mol. The standard InChI is InChI=1S/C13H18N2O3/c1-10-4-6-11(7-5-10)14-12(16)8-18-9-13(17)15(2)3/h4-7H,8-9H2,1-3H3,(H,14,16). The number of nitrogens with zero attached hydrogens (tertiary/aromatic N) is 1. The maximum atomic E-state index is 11.5. The summed E-state index contributed by atoms with van der Waals surface area (Å²) in [4.78, 5) is 24.1. The van der Waals surface area contributed by atoms with E-state index < -0.39 is 0 Å². The smallest absolute Gasteiger partial charge is 0.250 e.